The number of carbonyl (C=O) groups excluding carboxylic acids is 1. The second kappa shape index (κ2) is 5.19. The molecule has 0 saturated carbocycles. The van der Waals surface area contributed by atoms with Gasteiger partial charge in [0.2, 0.25) is 5.91 Å². The van der Waals surface area contributed by atoms with Crippen molar-refractivity contribution in [1.82, 2.24) is 20.3 Å². The number of amides is 1. The Hall–Kier alpha value is -2.21. The van der Waals surface area contributed by atoms with E-state index in [4.69, 9.17) is 4.74 Å². The number of nitrogens with one attached hydrogen (secondary N) is 1. The Labute approximate surface area is 110 Å². The zero-order valence-corrected chi connectivity index (χ0v) is 10.3. The second-order valence-corrected chi connectivity index (χ2v) is 4.47. The van der Waals surface area contributed by atoms with Crippen LogP contribution in [0.15, 0.2) is 36.7 Å². The molecule has 1 saturated heterocycles. The standard InChI is InChI=1S/C13H14N4O2/c18-13-9-19-8-11(16-13)6-10-2-1-3-12(7-10)17-14-4-5-15-17/h1-5,7,11H,6,8-9H2,(H,16,18). The van der Waals surface area contributed by atoms with Crippen LogP contribution in [-0.4, -0.2) is 40.2 Å². The molecule has 6 nitrogen and oxygen atoms in total. The average molecular weight is 258 g/mol. The molecule has 1 N–H and O–H groups in total. The molecular formula is C13H14N4O2. The van der Waals surface area contributed by atoms with Gasteiger partial charge in [0.25, 0.3) is 0 Å². The molecule has 19 heavy (non-hydrogen) atoms. The molecule has 0 aliphatic carbocycles. The lowest BCUT2D eigenvalue weighted by atomic mass is 10.1. The highest BCUT2D eigenvalue weighted by Gasteiger charge is 2.18. The molecule has 1 atom stereocenters. The average Bonchev–Trinajstić information content (AvgIpc) is 2.93. The van der Waals surface area contributed by atoms with E-state index in [1.807, 2.05) is 24.3 Å². The number of aromatic nitrogens is 3. The smallest absolute Gasteiger partial charge is 0.246 e. The SMILES string of the molecule is O=C1COCC(Cc2cccc(-n3nccn3)c2)N1. The number of hydrogen-bond donors (Lipinski definition) is 1. The molecule has 1 amide bonds. The third-order valence-corrected chi connectivity index (χ3v) is 2.96. The highest BCUT2D eigenvalue weighted by molar-refractivity contribution is 5.78. The molecule has 1 fully saturated rings. The fourth-order valence-electron chi connectivity index (χ4n) is 2.16. The van der Waals surface area contributed by atoms with Crippen molar-refractivity contribution in [3.63, 3.8) is 0 Å². The lowest BCUT2D eigenvalue weighted by Crippen LogP contribution is -2.46. The largest absolute Gasteiger partial charge is 0.369 e. The first kappa shape index (κ1) is 11.9. The summed E-state index contributed by atoms with van der Waals surface area (Å²) in [6.45, 7) is 0.712. The molecule has 0 radical (unpaired) electrons. The van der Waals surface area contributed by atoms with Crippen LogP contribution < -0.4 is 5.32 Å². The van der Waals surface area contributed by atoms with Crippen molar-refractivity contribution in [1.29, 1.82) is 0 Å². The second-order valence-electron chi connectivity index (χ2n) is 4.47. The summed E-state index contributed by atoms with van der Waals surface area (Å²) in [7, 11) is 0. The van der Waals surface area contributed by atoms with E-state index in [0.29, 0.717) is 6.61 Å². The molecular weight excluding hydrogens is 244 g/mol. The minimum absolute atomic E-state index is 0.0297. The predicted octanol–water partition coefficient (Wildman–Crippen LogP) is 0.325. The number of nitrogens with zero attached hydrogens (tertiary/aromatic N) is 3. The number of carbonyl (C=O) groups is 1. The first-order valence-corrected chi connectivity index (χ1v) is 6.14. The summed E-state index contributed by atoms with van der Waals surface area (Å²) in [5.41, 5.74) is 2.02. The van der Waals surface area contributed by atoms with Crippen molar-refractivity contribution >= 4 is 5.91 Å². The van der Waals surface area contributed by atoms with Crippen LogP contribution in [-0.2, 0) is 16.0 Å². The van der Waals surface area contributed by atoms with E-state index >= 15 is 0 Å². The van der Waals surface area contributed by atoms with Crippen LogP contribution >= 0.6 is 0 Å². The minimum atomic E-state index is -0.0545. The van der Waals surface area contributed by atoms with Gasteiger partial charge in [-0.1, -0.05) is 12.1 Å². The fraction of sp³-hybridized carbons (Fsp3) is 0.308. The molecule has 1 unspecified atom stereocenters. The van der Waals surface area contributed by atoms with Crippen LogP contribution in [0.2, 0.25) is 0 Å². The Kier molecular flexibility index (Phi) is 3.24. The van der Waals surface area contributed by atoms with Gasteiger partial charge in [-0.3, -0.25) is 4.79 Å². The third-order valence-electron chi connectivity index (χ3n) is 2.96. The van der Waals surface area contributed by atoms with Gasteiger partial charge in [0.1, 0.15) is 6.61 Å². The van der Waals surface area contributed by atoms with E-state index in [9.17, 15) is 4.79 Å². The Bertz CT molecular complexity index is 568. The molecule has 0 bridgehead atoms. The van der Waals surface area contributed by atoms with Crippen LogP contribution in [0.3, 0.4) is 0 Å². The van der Waals surface area contributed by atoms with Crippen LogP contribution in [0.4, 0.5) is 0 Å². The van der Waals surface area contributed by atoms with E-state index < -0.39 is 0 Å². The van der Waals surface area contributed by atoms with Gasteiger partial charge in [0.05, 0.1) is 30.7 Å². The fourth-order valence-corrected chi connectivity index (χ4v) is 2.16. The number of benzene rings is 1. The number of hydrogen-bond acceptors (Lipinski definition) is 4. The minimum Gasteiger partial charge on any atom is -0.369 e. The maximum Gasteiger partial charge on any atom is 0.246 e. The van der Waals surface area contributed by atoms with E-state index in [1.165, 1.54) is 0 Å². The molecule has 1 aliphatic heterocycles. The topological polar surface area (TPSA) is 69.0 Å². The Balaban J connectivity index is 1.74. The van der Waals surface area contributed by atoms with Gasteiger partial charge < -0.3 is 10.1 Å². The van der Waals surface area contributed by atoms with Gasteiger partial charge in [-0.2, -0.15) is 15.0 Å². The van der Waals surface area contributed by atoms with Gasteiger partial charge in [0.15, 0.2) is 0 Å². The molecule has 0 spiro atoms. The van der Waals surface area contributed by atoms with Crippen molar-refractivity contribution in [2.75, 3.05) is 13.2 Å². The molecule has 1 aromatic carbocycles. The van der Waals surface area contributed by atoms with E-state index in [0.717, 1.165) is 17.7 Å². The lowest BCUT2D eigenvalue weighted by Gasteiger charge is -2.23. The third kappa shape index (κ3) is 2.79. The maximum absolute atomic E-state index is 11.3. The van der Waals surface area contributed by atoms with Gasteiger partial charge >= 0.3 is 0 Å². The van der Waals surface area contributed by atoms with Crippen molar-refractivity contribution < 1.29 is 9.53 Å². The summed E-state index contributed by atoms with van der Waals surface area (Å²) in [6, 6.07) is 7.97. The van der Waals surface area contributed by atoms with Gasteiger partial charge in [-0.25, -0.2) is 0 Å². The monoisotopic (exact) mass is 258 g/mol. The summed E-state index contributed by atoms with van der Waals surface area (Å²) in [6.07, 6.45) is 4.02. The maximum atomic E-state index is 11.3. The van der Waals surface area contributed by atoms with Crippen molar-refractivity contribution in [2.45, 2.75) is 12.5 Å². The summed E-state index contributed by atoms with van der Waals surface area (Å²) >= 11 is 0. The summed E-state index contributed by atoms with van der Waals surface area (Å²) in [5.74, 6) is -0.0545. The highest BCUT2D eigenvalue weighted by atomic mass is 16.5. The van der Waals surface area contributed by atoms with Crippen LogP contribution in [0.25, 0.3) is 5.69 Å². The first-order chi connectivity index (χ1) is 9.31. The molecule has 3 rings (SSSR count). The molecule has 6 heteroatoms. The molecule has 98 valence electrons. The molecule has 2 heterocycles. The number of ether oxygens (including phenoxy) is 1. The zero-order chi connectivity index (χ0) is 13.1. The number of morpholine rings is 1. The molecule has 2 aromatic rings. The van der Waals surface area contributed by atoms with Crippen LogP contribution in [0, 0.1) is 0 Å². The van der Waals surface area contributed by atoms with Gasteiger partial charge in [-0.05, 0) is 24.1 Å². The molecule has 1 aromatic heterocycles. The van der Waals surface area contributed by atoms with E-state index in [-0.39, 0.29) is 18.6 Å². The Morgan fingerprint density at radius 1 is 1.37 bits per heavy atom. The van der Waals surface area contributed by atoms with Crippen molar-refractivity contribution in [3.05, 3.63) is 42.2 Å². The van der Waals surface area contributed by atoms with Gasteiger partial charge in [0, 0.05) is 0 Å². The Morgan fingerprint density at radius 2 is 2.21 bits per heavy atom. The van der Waals surface area contributed by atoms with E-state index in [2.05, 4.69) is 15.5 Å². The van der Waals surface area contributed by atoms with Crippen molar-refractivity contribution in [2.24, 2.45) is 0 Å². The van der Waals surface area contributed by atoms with Crippen LogP contribution in [0.5, 0.6) is 0 Å². The van der Waals surface area contributed by atoms with Gasteiger partial charge in [-0.15, -0.1) is 0 Å². The summed E-state index contributed by atoms with van der Waals surface area (Å²) in [4.78, 5) is 12.8. The molecule has 1 aliphatic rings. The quantitative estimate of drug-likeness (QED) is 0.861. The van der Waals surface area contributed by atoms with Crippen LogP contribution in [0.1, 0.15) is 5.56 Å². The summed E-state index contributed by atoms with van der Waals surface area (Å²) in [5, 5.41) is 11.1. The summed E-state index contributed by atoms with van der Waals surface area (Å²) < 4.78 is 5.23. The first-order valence-electron chi connectivity index (χ1n) is 6.14. The van der Waals surface area contributed by atoms with E-state index in [1.54, 1.807) is 17.2 Å². The number of rotatable bonds is 3. The predicted molar refractivity (Wildman–Crippen MR) is 67.8 cm³/mol. The normalized spacial score (nSPS) is 19.2. The highest BCUT2D eigenvalue weighted by Crippen LogP contribution is 2.11. The van der Waals surface area contributed by atoms with Crippen molar-refractivity contribution in [3.8, 4) is 5.69 Å². The lowest BCUT2D eigenvalue weighted by molar-refractivity contribution is -0.131. The zero-order valence-electron chi connectivity index (χ0n) is 10.3. The Morgan fingerprint density at radius 3 is 3.00 bits per heavy atom.